The molecule has 0 aromatic heterocycles. The third kappa shape index (κ3) is 9.41. The lowest BCUT2D eigenvalue weighted by Crippen LogP contribution is -2.41. The molecule has 5 heteroatoms. The topological polar surface area (TPSA) is 15.3 Å². The first-order chi connectivity index (χ1) is 7.92. The van der Waals surface area contributed by atoms with Crippen LogP contribution < -0.4 is 5.32 Å². The van der Waals surface area contributed by atoms with Crippen LogP contribution >= 0.6 is 0 Å². The molecular weight excluding hydrogens is 229 g/mol. The number of alkyl halides is 3. The van der Waals surface area contributed by atoms with Gasteiger partial charge in [-0.3, -0.25) is 4.90 Å². The molecule has 0 radical (unpaired) electrons. The summed E-state index contributed by atoms with van der Waals surface area (Å²) in [7, 11) is 0. The molecular formula is C12H25F3N2. The third-order valence-electron chi connectivity index (χ3n) is 2.79. The lowest BCUT2D eigenvalue weighted by molar-refractivity contribution is -0.145. The minimum absolute atomic E-state index is 0.421. The van der Waals surface area contributed by atoms with E-state index in [-0.39, 0.29) is 0 Å². The van der Waals surface area contributed by atoms with Gasteiger partial charge in [0.15, 0.2) is 0 Å². The number of nitrogens with one attached hydrogen (secondary N) is 1. The highest BCUT2D eigenvalue weighted by Gasteiger charge is 2.30. The molecule has 0 heterocycles. The molecule has 0 aliphatic heterocycles. The second-order valence-corrected chi connectivity index (χ2v) is 4.36. The van der Waals surface area contributed by atoms with Crippen molar-refractivity contribution in [2.45, 2.75) is 52.3 Å². The molecule has 0 saturated carbocycles. The Hall–Kier alpha value is -0.290. The summed E-state index contributed by atoms with van der Waals surface area (Å²) in [5.41, 5.74) is 0. The van der Waals surface area contributed by atoms with Gasteiger partial charge in [-0.15, -0.1) is 0 Å². The maximum Gasteiger partial charge on any atom is 0.401 e. The first kappa shape index (κ1) is 16.7. The summed E-state index contributed by atoms with van der Waals surface area (Å²) in [5, 5.41) is 3.28. The van der Waals surface area contributed by atoms with Crippen molar-refractivity contribution >= 4 is 0 Å². The van der Waals surface area contributed by atoms with E-state index in [1.807, 2.05) is 6.92 Å². The molecule has 0 saturated heterocycles. The van der Waals surface area contributed by atoms with Crippen molar-refractivity contribution in [3.8, 4) is 0 Å². The van der Waals surface area contributed by atoms with Gasteiger partial charge in [-0.05, 0) is 25.8 Å². The van der Waals surface area contributed by atoms with E-state index < -0.39 is 12.7 Å². The van der Waals surface area contributed by atoms with E-state index in [0.717, 1.165) is 19.3 Å². The first-order valence-electron chi connectivity index (χ1n) is 6.45. The third-order valence-corrected chi connectivity index (χ3v) is 2.79. The summed E-state index contributed by atoms with van der Waals surface area (Å²) in [6, 6.07) is 0.421. The van der Waals surface area contributed by atoms with Crippen LogP contribution in [0.3, 0.4) is 0 Å². The highest BCUT2D eigenvalue weighted by Crippen LogP contribution is 2.16. The molecule has 0 spiro atoms. The molecule has 104 valence electrons. The van der Waals surface area contributed by atoms with Crippen molar-refractivity contribution in [2.24, 2.45) is 0 Å². The van der Waals surface area contributed by atoms with Gasteiger partial charge < -0.3 is 5.32 Å². The van der Waals surface area contributed by atoms with Crippen molar-refractivity contribution in [3.63, 3.8) is 0 Å². The number of halogens is 3. The van der Waals surface area contributed by atoms with Crippen LogP contribution in [0.2, 0.25) is 0 Å². The maximum absolute atomic E-state index is 12.3. The van der Waals surface area contributed by atoms with Gasteiger partial charge in [0.25, 0.3) is 0 Å². The normalized spacial score (nSPS) is 12.7. The second-order valence-electron chi connectivity index (χ2n) is 4.36. The Labute approximate surface area is 103 Å². The largest absolute Gasteiger partial charge is 0.401 e. The fraction of sp³-hybridized carbons (Fsp3) is 1.00. The fourth-order valence-corrected chi connectivity index (χ4v) is 1.84. The number of nitrogens with zero attached hydrogens (tertiary/aromatic N) is 1. The second kappa shape index (κ2) is 8.75. The lowest BCUT2D eigenvalue weighted by atomic mass is 10.2. The van der Waals surface area contributed by atoms with E-state index >= 15 is 0 Å². The summed E-state index contributed by atoms with van der Waals surface area (Å²) in [5.74, 6) is 0. The summed E-state index contributed by atoms with van der Waals surface area (Å²) in [4.78, 5) is 1.47. The molecule has 0 atom stereocenters. The molecule has 0 unspecified atom stereocenters. The summed E-state index contributed by atoms with van der Waals surface area (Å²) >= 11 is 0. The van der Waals surface area contributed by atoms with Crippen molar-refractivity contribution in [3.05, 3.63) is 0 Å². The Kier molecular flexibility index (Phi) is 8.60. The van der Waals surface area contributed by atoms with Gasteiger partial charge in [-0.1, -0.05) is 20.8 Å². The summed E-state index contributed by atoms with van der Waals surface area (Å²) in [6.07, 6.45) is -1.31. The molecule has 17 heavy (non-hydrogen) atoms. The number of hydrogen-bond donors (Lipinski definition) is 1. The van der Waals surface area contributed by atoms with E-state index in [0.29, 0.717) is 25.7 Å². The smallest absolute Gasteiger partial charge is 0.313 e. The Morgan fingerprint density at radius 2 is 1.65 bits per heavy atom. The Morgan fingerprint density at radius 3 is 2.06 bits per heavy atom. The summed E-state index contributed by atoms with van der Waals surface area (Å²) in [6.45, 7) is 6.86. The Morgan fingerprint density at radius 1 is 1.06 bits per heavy atom. The van der Waals surface area contributed by atoms with E-state index in [4.69, 9.17) is 0 Å². The van der Waals surface area contributed by atoms with Crippen molar-refractivity contribution < 1.29 is 13.2 Å². The maximum atomic E-state index is 12.3. The van der Waals surface area contributed by atoms with Crippen LogP contribution in [0, 0.1) is 0 Å². The van der Waals surface area contributed by atoms with Gasteiger partial charge >= 0.3 is 6.18 Å². The monoisotopic (exact) mass is 254 g/mol. The Bertz CT molecular complexity index is 179. The standard InChI is InChI=1S/C12H25F3N2/c1-4-8-17(10-12(13,14)15)9-7-16-11(5-2)6-3/h11,16H,4-10H2,1-3H3. The Balaban J connectivity index is 3.92. The molecule has 2 nitrogen and oxygen atoms in total. The van der Waals surface area contributed by atoms with Crippen LogP contribution in [0.15, 0.2) is 0 Å². The first-order valence-corrected chi connectivity index (χ1v) is 6.45. The van der Waals surface area contributed by atoms with Crippen LogP contribution in [0.25, 0.3) is 0 Å². The van der Waals surface area contributed by atoms with E-state index in [1.165, 1.54) is 4.90 Å². The van der Waals surface area contributed by atoms with E-state index in [2.05, 4.69) is 19.2 Å². The zero-order chi connectivity index (χ0) is 13.3. The van der Waals surface area contributed by atoms with Crippen LogP contribution in [0.5, 0.6) is 0 Å². The van der Waals surface area contributed by atoms with Gasteiger partial charge in [-0.25, -0.2) is 0 Å². The van der Waals surface area contributed by atoms with Crippen molar-refractivity contribution in [2.75, 3.05) is 26.2 Å². The van der Waals surface area contributed by atoms with Gasteiger partial charge in [0.05, 0.1) is 6.54 Å². The molecule has 0 aromatic rings. The van der Waals surface area contributed by atoms with Gasteiger partial charge in [0.1, 0.15) is 0 Å². The molecule has 1 N–H and O–H groups in total. The van der Waals surface area contributed by atoms with Crippen molar-refractivity contribution in [1.29, 1.82) is 0 Å². The molecule has 0 bridgehead atoms. The highest BCUT2D eigenvalue weighted by atomic mass is 19.4. The highest BCUT2D eigenvalue weighted by molar-refractivity contribution is 4.67. The van der Waals surface area contributed by atoms with Crippen LogP contribution in [-0.2, 0) is 0 Å². The lowest BCUT2D eigenvalue weighted by Gasteiger charge is -2.24. The molecule has 0 fully saturated rings. The van der Waals surface area contributed by atoms with E-state index in [1.54, 1.807) is 0 Å². The average Bonchev–Trinajstić information content (AvgIpc) is 2.22. The van der Waals surface area contributed by atoms with Crippen LogP contribution in [0.1, 0.15) is 40.0 Å². The zero-order valence-corrected chi connectivity index (χ0v) is 11.1. The minimum Gasteiger partial charge on any atom is -0.313 e. The molecule has 0 aliphatic carbocycles. The number of hydrogen-bond acceptors (Lipinski definition) is 2. The molecule has 0 aromatic carbocycles. The molecule has 0 rings (SSSR count). The predicted molar refractivity (Wildman–Crippen MR) is 65.2 cm³/mol. The average molecular weight is 254 g/mol. The zero-order valence-electron chi connectivity index (χ0n) is 11.1. The predicted octanol–water partition coefficient (Wildman–Crippen LogP) is 3.04. The van der Waals surface area contributed by atoms with Gasteiger partial charge in [0, 0.05) is 19.1 Å². The number of rotatable bonds is 9. The fourth-order valence-electron chi connectivity index (χ4n) is 1.84. The van der Waals surface area contributed by atoms with Gasteiger partial charge in [0.2, 0.25) is 0 Å². The quantitative estimate of drug-likeness (QED) is 0.680. The van der Waals surface area contributed by atoms with E-state index in [9.17, 15) is 13.2 Å². The minimum atomic E-state index is -4.09. The molecule has 0 aliphatic rings. The molecule has 0 amide bonds. The summed E-state index contributed by atoms with van der Waals surface area (Å²) < 4.78 is 36.9. The van der Waals surface area contributed by atoms with Crippen molar-refractivity contribution in [1.82, 2.24) is 10.2 Å². The van der Waals surface area contributed by atoms with Gasteiger partial charge in [-0.2, -0.15) is 13.2 Å². The van der Waals surface area contributed by atoms with Crippen LogP contribution in [0.4, 0.5) is 13.2 Å². The van der Waals surface area contributed by atoms with Crippen LogP contribution in [-0.4, -0.2) is 43.3 Å². The SMILES string of the molecule is CCCN(CCNC(CC)CC)CC(F)(F)F.